The van der Waals surface area contributed by atoms with Crippen molar-refractivity contribution in [2.45, 2.75) is 59.4 Å². The predicted octanol–water partition coefficient (Wildman–Crippen LogP) is 4.72. The number of H-pyrrole nitrogens is 1. The third-order valence-electron chi connectivity index (χ3n) is 6.13. The van der Waals surface area contributed by atoms with Crippen molar-refractivity contribution in [3.05, 3.63) is 86.0 Å². The zero-order chi connectivity index (χ0) is 26.5. The minimum atomic E-state index is -0.688. The summed E-state index contributed by atoms with van der Waals surface area (Å²) < 4.78 is 8.78. The Morgan fingerprint density at radius 3 is 2.30 bits per heavy atom. The number of rotatable bonds is 10. The van der Waals surface area contributed by atoms with Gasteiger partial charge in [-0.15, -0.1) is 0 Å². The minimum absolute atomic E-state index is 0.230. The highest BCUT2D eigenvalue weighted by molar-refractivity contribution is 6.30. The number of carbonyl (C=O) groups is 1. The van der Waals surface area contributed by atoms with E-state index in [1.165, 1.54) is 4.57 Å². The van der Waals surface area contributed by atoms with Crippen LogP contribution in [0.3, 0.4) is 0 Å². The fraction of sp³-hybridized carbons (Fsp3) is 0.321. The lowest BCUT2D eigenvalue weighted by atomic mass is 10.1. The van der Waals surface area contributed by atoms with Gasteiger partial charge in [0, 0.05) is 30.4 Å². The highest BCUT2D eigenvalue weighted by Crippen LogP contribution is 2.25. The van der Waals surface area contributed by atoms with Gasteiger partial charge >= 0.3 is 5.69 Å². The number of amides is 1. The molecule has 0 spiro atoms. The average Bonchev–Trinajstić information content (AvgIpc) is 3.34. The maximum atomic E-state index is 13.0. The number of benzene rings is 2. The number of ether oxygens (including phenoxy) is 1. The van der Waals surface area contributed by atoms with Gasteiger partial charge in [-0.05, 0) is 73.4 Å². The molecule has 4 rings (SSSR count). The molecule has 0 aliphatic rings. The number of fused-ring (bicyclic) bond motifs is 1. The van der Waals surface area contributed by atoms with E-state index in [9.17, 15) is 14.4 Å². The number of hydrogen-bond acceptors (Lipinski definition) is 4. The van der Waals surface area contributed by atoms with E-state index in [4.69, 9.17) is 16.3 Å². The molecule has 0 saturated carbocycles. The average molecular weight is 523 g/mol. The Labute approximate surface area is 219 Å². The zero-order valence-electron chi connectivity index (χ0n) is 21.2. The van der Waals surface area contributed by atoms with Crippen molar-refractivity contribution in [1.82, 2.24) is 19.4 Å². The van der Waals surface area contributed by atoms with E-state index in [1.54, 1.807) is 35.8 Å². The lowest BCUT2D eigenvalue weighted by molar-refractivity contribution is -0.127. The van der Waals surface area contributed by atoms with Gasteiger partial charge in [0.15, 0.2) is 6.10 Å². The molecule has 2 heterocycles. The molecule has 2 N–H and O–H groups in total. The Kier molecular flexibility index (Phi) is 8.18. The molecule has 2 aromatic carbocycles. The molecular formula is C28H31ClN4O4. The van der Waals surface area contributed by atoms with Crippen LogP contribution in [0, 0.1) is 0 Å². The molecule has 37 heavy (non-hydrogen) atoms. The van der Waals surface area contributed by atoms with E-state index in [0.29, 0.717) is 47.9 Å². The van der Waals surface area contributed by atoms with E-state index < -0.39 is 6.10 Å². The third-order valence-corrected chi connectivity index (χ3v) is 6.38. The summed E-state index contributed by atoms with van der Waals surface area (Å²) in [6.45, 7) is 6.92. The first kappa shape index (κ1) is 26.3. The van der Waals surface area contributed by atoms with Crippen LogP contribution in [0.4, 0.5) is 0 Å². The van der Waals surface area contributed by atoms with Crippen molar-refractivity contribution < 1.29 is 9.53 Å². The van der Waals surface area contributed by atoms with Crippen LogP contribution in [-0.2, 0) is 24.4 Å². The second-order valence-electron chi connectivity index (χ2n) is 8.96. The molecule has 9 heteroatoms. The molecule has 1 unspecified atom stereocenters. The van der Waals surface area contributed by atoms with Gasteiger partial charge in [-0.1, -0.05) is 37.6 Å². The maximum Gasteiger partial charge on any atom is 0.331 e. The SMILES string of the molecule is CCCn1c(=O)c2[nH]c(-c3ccc(OC(C)C(=O)NCc4ccc(Cl)cc4)cc3)cc2n(CCC)c1=O. The molecule has 0 bridgehead atoms. The van der Waals surface area contributed by atoms with Crippen molar-refractivity contribution in [3.8, 4) is 17.0 Å². The van der Waals surface area contributed by atoms with Crippen molar-refractivity contribution >= 4 is 28.5 Å². The number of nitrogens with zero attached hydrogens (tertiary/aromatic N) is 2. The number of carbonyl (C=O) groups excluding carboxylic acids is 1. The lowest BCUT2D eigenvalue weighted by Gasteiger charge is -2.15. The van der Waals surface area contributed by atoms with E-state index in [2.05, 4.69) is 10.3 Å². The van der Waals surface area contributed by atoms with Gasteiger partial charge in [-0.3, -0.25) is 18.7 Å². The van der Waals surface area contributed by atoms with Gasteiger partial charge in [0.05, 0.1) is 5.52 Å². The number of aromatic amines is 1. The number of aryl methyl sites for hydroxylation is 1. The van der Waals surface area contributed by atoms with Crippen molar-refractivity contribution in [2.24, 2.45) is 0 Å². The summed E-state index contributed by atoms with van der Waals surface area (Å²) in [4.78, 5) is 41.6. The third kappa shape index (κ3) is 5.80. The summed E-state index contributed by atoms with van der Waals surface area (Å²) in [6.07, 6.45) is 0.781. The van der Waals surface area contributed by atoms with Crippen LogP contribution >= 0.6 is 11.6 Å². The number of nitrogens with one attached hydrogen (secondary N) is 2. The van der Waals surface area contributed by atoms with Crippen LogP contribution in [0.5, 0.6) is 5.75 Å². The molecule has 4 aromatic rings. The second kappa shape index (κ2) is 11.5. The Hall–Kier alpha value is -3.78. The molecule has 2 aromatic heterocycles. The van der Waals surface area contributed by atoms with Gasteiger partial charge in [0.2, 0.25) is 0 Å². The number of hydrogen-bond donors (Lipinski definition) is 2. The molecule has 194 valence electrons. The van der Waals surface area contributed by atoms with Crippen LogP contribution in [0.1, 0.15) is 39.2 Å². The summed E-state index contributed by atoms with van der Waals surface area (Å²) in [5.74, 6) is 0.314. The Balaban J connectivity index is 1.50. The quantitative estimate of drug-likeness (QED) is 0.315. The Morgan fingerprint density at radius 2 is 1.65 bits per heavy atom. The van der Waals surface area contributed by atoms with Gasteiger partial charge in [-0.2, -0.15) is 0 Å². The topological polar surface area (TPSA) is 98.1 Å². The first-order valence-corrected chi connectivity index (χ1v) is 12.9. The van der Waals surface area contributed by atoms with Crippen molar-refractivity contribution in [2.75, 3.05) is 0 Å². The summed E-state index contributed by atoms with van der Waals surface area (Å²) in [6, 6.07) is 16.4. The van der Waals surface area contributed by atoms with Gasteiger partial charge in [0.1, 0.15) is 11.3 Å². The smallest absolute Gasteiger partial charge is 0.331 e. The van der Waals surface area contributed by atoms with Crippen LogP contribution in [0.15, 0.2) is 64.2 Å². The van der Waals surface area contributed by atoms with E-state index in [1.807, 2.05) is 44.2 Å². The van der Waals surface area contributed by atoms with E-state index in [0.717, 1.165) is 23.2 Å². The van der Waals surface area contributed by atoms with Crippen LogP contribution in [0.25, 0.3) is 22.3 Å². The summed E-state index contributed by atoms with van der Waals surface area (Å²) in [7, 11) is 0. The minimum Gasteiger partial charge on any atom is -0.481 e. The maximum absolute atomic E-state index is 13.0. The van der Waals surface area contributed by atoms with E-state index in [-0.39, 0.29) is 17.2 Å². The first-order valence-electron chi connectivity index (χ1n) is 12.5. The highest BCUT2D eigenvalue weighted by atomic mass is 35.5. The summed E-state index contributed by atoms with van der Waals surface area (Å²) in [5, 5.41) is 3.50. The molecule has 0 aliphatic heterocycles. The highest BCUT2D eigenvalue weighted by Gasteiger charge is 2.17. The van der Waals surface area contributed by atoms with Crippen LogP contribution in [-0.4, -0.2) is 26.1 Å². The van der Waals surface area contributed by atoms with Gasteiger partial charge in [-0.25, -0.2) is 4.79 Å². The number of halogens is 1. The molecule has 1 atom stereocenters. The summed E-state index contributed by atoms with van der Waals surface area (Å²) in [5.41, 5.74) is 2.94. The zero-order valence-corrected chi connectivity index (χ0v) is 22.0. The molecule has 0 radical (unpaired) electrons. The van der Waals surface area contributed by atoms with Crippen LogP contribution in [0.2, 0.25) is 5.02 Å². The summed E-state index contributed by atoms with van der Waals surface area (Å²) >= 11 is 5.90. The second-order valence-corrected chi connectivity index (χ2v) is 9.40. The monoisotopic (exact) mass is 522 g/mol. The Morgan fingerprint density at radius 1 is 1.00 bits per heavy atom. The predicted molar refractivity (Wildman–Crippen MR) is 146 cm³/mol. The fourth-order valence-corrected chi connectivity index (χ4v) is 4.34. The normalized spacial score (nSPS) is 12.0. The largest absolute Gasteiger partial charge is 0.481 e. The van der Waals surface area contributed by atoms with Crippen molar-refractivity contribution in [3.63, 3.8) is 0 Å². The lowest BCUT2D eigenvalue weighted by Crippen LogP contribution is -2.39. The Bertz CT molecular complexity index is 1500. The van der Waals surface area contributed by atoms with Crippen molar-refractivity contribution in [1.29, 1.82) is 0 Å². The standard InChI is InChI=1S/C28H31ClN4O4/c1-4-14-32-24-16-23(31-25(24)27(35)33(15-5-2)28(32)36)20-8-12-22(13-9-20)37-18(3)26(34)30-17-19-6-10-21(29)11-7-19/h6-13,16,18,31H,4-5,14-15,17H2,1-3H3,(H,30,34). The van der Waals surface area contributed by atoms with E-state index >= 15 is 0 Å². The number of aromatic nitrogens is 3. The van der Waals surface area contributed by atoms with Gasteiger partial charge in [0.25, 0.3) is 11.5 Å². The van der Waals surface area contributed by atoms with Crippen LogP contribution < -0.4 is 21.3 Å². The molecule has 0 fully saturated rings. The molecule has 8 nitrogen and oxygen atoms in total. The molecular weight excluding hydrogens is 492 g/mol. The molecule has 0 saturated heterocycles. The fourth-order valence-electron chi connectivity index (χ4n) is 4.21. The molecule has 0 aliphatic carbocycles. The van der Waals surface area contributed by atoms with Gasteiger partial charge < -0.3 is 15.0 Å². The first-order chi connectivity index (χ1) is 17.8. The molecule has 1 amide bonds.